The van der Waals surface area contributed by atoms with Crippen LogP contribution in [0, 0.1) is 11.8 Å². The number of aliphatic carboxylic acids is 1. The van der Waals surface area contributed by atoms with E-state index in [0.717, 1.165) is 44.5 Å². The Hall–Kier alpha value is -3.55. The van der Waals surface area contributed by atoms with Crippen molar-refractivity contribution in [2.24, 2.45) is 11.8 Å². The van der Waals surface area contributed by atoms with Crippen molar-refractivity contribution in [3.63, 3.8) is 0 Å². The molecule has 35 heavy (non-hydrogen) atoms. The van der Waals surface area contributed by atoms with Gasteiger partial charge < -0.3 is 25.4 Å². The van der Waals surface area contributed by atoms with Gasteiger partial charge in [-0.25, -0.2) is 0 Å². The highest BCUT2D eigenvalue weighted by molar-refractivity contribution is 6.09. The van der Waals surface area contributed by atoms with Gasteiger partial charge in [-0.1, -0.05) is 12.8 Å². The molecule has 2 aromatic carbocycles. The number of methoxy groups -OCH3 is 1. The Labute approximate surface area is 205 Å². The molecule has 8 nitrogen and oxygen atoms in total. The number of amides is 2. The first kappa shape index (κ1) is 24.6. The highest BCUT2D eigenvalue weighted by Crippen LogP contribution is 2.33. The molecule has 1 saturated heterocycles. The number of nitrogens with one attached hydrogen (secondary N) is 2. The van der Waals surface area contributed by atoms with E-state index in [4.69, 9.17) is 4.74 Å². The molecule has 0 aromatic heterocycles. The van der Waals surface area contributed by atoms with Gasteiger partial charge in [-0.3, -0.25) is 14.4 Å². The molecule has 2 aromatic rings. The van der Waals surface area contributed by atoms with Crippen LogP contribution < -0.4 is 20.3 Å². The third-order valence-electron chi connectivity index (χ3n) is 6.97. The Balaban J connectivity index is 1.58. The summed E-state index contributed by atoms with van der Waals surface area (Å²) in [5.41, 5.74) is 2.43. The van der Waals surface area contributed by atoms with Crippen LogP contribution in [0.2, 0.25) is 0 Å². The zero-order valence-corrected chi connectivity index (χ0v) is 20.1. The second-order valence-electron chi connectivity index (χ2n) is 9.29. The molecule has 0 spiro atoms. The van der Waals surface area contributed by atoms with E-state index in [1.165, 1.54) is 6.42 Å². The van der Waals surface area contributed by atoms with Crippen molar-refractivity contribution in [3.05, 3.63) is 48.0 Å². The second kappa shape index (κ2) is 11.3. The minimum Gasteiger partial charge on any atom is -0.497 e. The molecule has 1 saturated carbocycles. The van der Waals surface area contributed by atoms with E-state index in [0.29, 0.717) is 35.5 Å². The van der Waals surface area contributed by atoms with Gasteiger partial charge in [-0.2, -0.15) is 0 Å². The summed E-state index contributed by atoms with van der Waals surface area (Å²) in [6.07, 6.45) is 6.03. The van der Waals surface area contributed by atoms with E-state index >= 15 is 0 Å². The molecule has 2 aliphatic rings. The molecule has 3 N–H and O–H groups in total. The van der Waals surface area contributed by atoms with Gasteiger partial charge in [0.1, 0.15) is 5.75 Å². The summed E-state index contributed by atoms with van der Waals surface area (Å²) in [6.45, 7) is 1.74. The van der Waals surface area contributed by atoms with E-state index in [1.54, 1.807) is 43.5 Å². The van der Waals surface area contributed by atoms with Crippen molar-refractivity contribution in [3.8, 4) is 5.75 Å². The van der Waals surface area contributed by atoms with Gasteiger partial charge in [0.2, 0.25) is 5.91 Å². The fourth-order valence-electron chi connectivity index (χ4n) is 5.05. The monoisotopic (exact) mass is 479 g/mol. The van der Waals surface area contributed by atoms with E-state index in [-0.39, 0.29) is 11.8 Å². The number of carboxylic acid groups (broad SMARTS) is 1. The molecule has 0 radical (unpaired) electrons. The lowest BCUT2D eigenvalue weighted by Gasteiger charge is -2.31. The van der Waals surface area contributed by atoms with Crippen molar-refractivity contribution in [2.45, 2.75) is 44.9 Å². The van der Waals surface area contributed by atoms with Crippen LogP contribution >= 0.6 is 0 Å². The summed E-state index contributed by atoms with van der Waals surface area (Å²) in [4.78, 5) is 40.2. The van der Waals surface area contributed by atoms with E-state index in [9.17, 15) is 19.5 Å². The van der Waals surface area contributed by atoms with Crippen molar-refractivity contribution in [2.75, 3.05) is 35.7 Å². The average molecular weight is 480 g/mol. The van der Waals surface area contributed by atoms with Gasteiger partial charge in [0.25, 0.3) is 5.91 Å². The van der Waals surface area contributed by atoms with Gasteiger partial charge in [0.05, 0.1) is 24.5 Å². The van der Waals surface area contributed by atoms with Crippen LogP contribution in [0.15, 0.2) is 42.5 Å². The minimum absolute atomic E-state index is 0.270. The maximum Gasteiger partial charge on any atom is 0.307 e. The fraction of sp³-hybridized carbons (Fsp3) is 0.444. The summed E-state index contributed by atoms with van der Waals surface area (Å²) >= 11 is 0. The van der Waals surface area contributed by atoms with Crippen LogP contribution in [0.5, 0.6) is 5.75 Å². The number of benzene rings is 2. The van der Waals surface area contributed by atoms with Gasteiger partial charge in [0, 0.05) is 30.2 Å². The molecule has 4 rings (SSSR count). The van der Waals surface area contributed by atoms with Crippen molar-refractivity contribution >= 4 is 34.8 Å². The van der Waals surface area contributed by atoms with Crippen LogP contribution in [0.1, 0.15) is 55.3 Å². The SMILES string of the molecule is COc1ccc(NC(=O)c2cc(NC(=O)C3CCCCC3C(=O)O)ccc2N2CCCCC2)cc1. The predicted molar refractivity (Wildman–Crippen MR) is 135 cm³/mol. The summed E-state index contributed by atoms with van der Waals surface area (Å²) in [6, 6.07) is 12.5. The van der Waals surface area contributed by atoms with Crippen LogP contribution in [0.25, 0.3) is 0 Å². The highest BCUT2D eigenvalue weighted by Gasteiger charge is 2.35. The minimum atomic E-state index is -0.926. The lowest BCUT2D eigenvalue weighted by molar-refractivity contribution is -0.147. The van der Waals surface area contributed by atoms with Crippen LogP contribution in [-0.4, -0.2) is 43.1 Å². The first-order valence-electron chi connectivity index (χ1n) is 12.3. The number of hydrogen-bond donors (Lipinski definition) is 3. The molecular weight excluding hydrogens is 446 g/mol. The normalized spacial score (nSPS) is 20.1. The molecular formula is C27H33N3O5. The topological polar surface area (TPSA) is 108 Å². The highest BCUT2D eigenvalue weighted by atomic mass is 16.5. The molecule has 1 aliphatic heterocycles. The standard InChI is InChI=1S/C27H33N3O5/c1-35-20-12-9-18(10-13-20)28-26(32)23-17-19(11-14-24(23)30-15-5-2-6-16-30)29-25(31)21-7-3-4-8-22(21)27(33)34/h9-14,17,21-22H,2-8,15-16H2,1H3,(H,28,32)(H,29,31)(H,33,34). The number of ether oxygens (including phenoxy) is 1. The number of nitrogens with zero attached hydrogens (tertiary/aromatic N) is 1. The van der Waals surface area contributed by atoms with Gasteiger partial charge in [0.15, 0.2) is 0 Å². The summed E-state index contributed by atoms with van der Waals surface area (Å²) in [5, 5.41) is 15.4. The maximum absolute atomic E-state index is 13.4. The predicted octanol–water partition coefficient (Wildman–Crippen LogP) is 4.77. The van der Waals surface area contributed by atoms with E-state index in [1.807, 2.05) is 6.07 Å². The average Bonchev–Trinajstić information content (AvgIpc) is 2.89. The second-order valence-corrected chi connectivity index (χ2v) is 9.29. The Bertz CT molecular complexity index is 1060. The zero-order chi connectivity index (χ0) is 24.8. The summed E-state index contributed by atoms with van der Waals surface area (Å²) < 4.78 is 5.19. The molecule has 2 atom stereocenters. The molecule has 2 fully saturated rings. The lowest BCUT2D eigenvalue weighted by atomic mass is 9.78. The number of piperidine rings is 1. The van der Waals surface area contributed by atoms with E-state index in [2.05, 4.69) is 15.5 Å². The van der Waals surface area contributed by atoms with Gasteiger partial charge in [-0.05, 0) is 74.6 Å². The molecule has 2 unspecified atom stereocenters. The van der Waals surface area contributed by atoms with Crippen molar-refractivity contribution in [1.29, 1.82) is 0 Å². The van der Waals surface area contributed by atoms with Crippen LogP contribution in [0.4, 0.5) is 17.1 Å². The van der Waals surface area contributed by atoms with Crippen LogP contribution in [0.3, 0.4) is 0 Å². The fourth-order valence-corrected chi connectivity index (χ4v) is 5.05. The van der Waals surface area contributed by atoms with E-state index < -0.39 is 17.8 Å². The Morgan fingerprint density at radius 3 is 2.17 bits per heavy atom. The number of carbonyl (C=O) groups is 3. The Kier molecular flexibility index (Phi) is 7.90. The third-order valence-corrected chi connectivity index (χ3v) is 6.97. The molecule has 1 aliphatic carbocycles. The molecule has 186 valence electrons. The molecule has 8 heteroatoms. The third kappa shape index (κ3) is 5.93. The Morgan fingerprint density at radius 2 is 1.51 bits per heavy atom. The number of rotatable bonds is 7. The van der Waals surface area contributed by atoms with Crippen molar-refractivity contribution in [1.82, 2.24) is 0 Å². The maximum atomic E-state index is 13.4. The first-order chi connectivity index (χ1) is 17.0. The summed E-state index contributed by atoms with van der Waals surface area (Å²) in [7, 11) is 1.59. The van der Waals surface area contributed by atoms with Crippen LogP contribution in [-0.2, 0) is 9.59 Å². The summed E-state index contributed by atoms with van der Waals surface area (Å²) in [5.74, 6) is -2.04. The Morgan fingerprint density at radius 1 is 0.857 bits per heavy atom. The number of anilines is 3. The quantitative estimate of drug-likeness (QED) is 0.528. The molecule has 0 bridgehead atoms. The number of carbonyl (C=O) groups excluding carboxylic acids is 2. The first-order valence-corrected chi connectivity index (χ1v) is 12.3. The largest absolute Gasteiger partial charge is 0.497 e. The van der Waals surface area contributed by atoms with Gasteiger partial charge in [-0.15, -0.1) is 0 Å². The molecule has 1 heterocycles. The number of hydrogen-bond acceptors (Lipinski definition) is 5. The number of carboxylic acids is 1. The van der Waals surface area contributed by atoms with Gasteiger partial charge >= 0.3 is 5.97 Å². The zero-order valence-electron chi connectivity index (χ0n) is 20.1. The lowest BCUT2D eigenvalue weighted by Crippen LogP contribution is -2.36. The van der Waals surface area contributed by atoms with Crippen molar-refractivity contribution < 1.29 is 24.2 Å². The molecule has 2 amide bonds. The smallest absolute Gasteiger partial charge is 0.307 e.